The maximum absolute atomic E-state index is 3.51. The topological polar surface area (TPSA) is 15.3 Å². The van der Waals surface area contributed by atoms with Gasteiger partial charge in [0.1, 0.15) is 0 Å². The first-order valence-corrected chi connectivity index (χ1v) is 7.33. The number of nitrogens with one attached hydrogen (secondary N) is 1. The van der Waals surface area contributed by atoms with Crippen molar-refractivity contribution in [2.45, 2.75) is 26.9 Å². The molecule has 0 saturated heterocycles. The monoisotopic (exact) mass is 266 g/mol. The molecule has 1 aliphatic heterocycles. The lowest BCUT2D eigenvalue weighted by Gasteiger charge is -2.25. The molecule has 3 rings (SSSR count). The molecule has 0 saturated carbocycles. The predicted octanol–water partition coefficient (Wildman–Crippen LogP) is 3.41. The Morgan fingerprint density at radius 3 is 2.55 bits per heavy atom. The molecule has 104 valence electrons. The molecule has 1 heterocycles. The second-order valence-electron chi connectivity index (χ2n) is 5.72. The van der Waals surface area contributed by atoms with E-state index in [2.05, 4.69) is 66.5 Å². The summed E-state index contributed by atoms with van der Waals surface area (Å²) in [4.78, 5) is 2.49. The van der Waals surface area contributed by atoms with Gasteiger partial charge in [0, 0.05) is 31.9 Å². The lowest BCUT2D eigenvalue weighted by Crippen LogP contribution is -2.28. The smallest absolute Gasteiger partial charge is 0.0430 e. The van der Waals surface area contributed by atoms with Gasteiger partial charge in [-0.25, -0.2) is 0 Å². The number of anilines is 1. The van der Waals surface area contributed by atoms with E-state index in [1.165, 1.54) is 27.9 Å². The minimum Gasteiger partial charge on any atom is -0.366 e. The van der Waals surface area contributed by atoms with E-state index in [9.17, 15) is 0 Å². The van der Waals surface area contributed by atoms with Crippen molar-refractivity contribution in [3.63, 3.8) is 0 Å². The van der Waals surface area contributed by atoms with E-state index in [0.29, 0.717) is 0 Å². The van der Waals surface area contributed by atoms with Gasteiger partial charge in [-0.15, -0.1) is 0 Å². The third-order valence-corrected chi connectivity index (χ3v) is 3.94. The van der Waals surface area contributed by atoms with E-state index in [4.69, 9.17) is 0 Å². The van der Waals surface area contributed by atoms with Gasteiger partial charge in [-0.3, -0.25) is 0 Å². The zero-order valence-electron chi connectivity index (χ0n) is 12.3. The van der Waals surface area contributed by atoms with Crippen LogP contribution in [0.25, 0.3) is 0 Å². The molecule has 1 aliphatic rings. The standard InChI is InChI=1S/C18H22N2/c1-14-3-6-16(7-4-14)13-20-10-9-19-12-17-11-15(2)5-8-18(17)20/h3-8,11,19H,9-10,12-13H2,1-2H3. The van der Waals surface area contributed by atoms with Crippen LogP contribution in [0.3, 0.4) is 0 Å². The fourth-order valence-electron chi connectivity index (χ4n) is 2.80. The van der Waals surface area contributed by atoms with Crippen LogP contribution in [0.1, 0.15) is 22.3 Å². The van der Waals surface area contributed by atoms with Gasteiger partial charge in [0.25, 0.3) is 0 Å². The molecule has 2 heteroatoms. The highest BCUT2D eigenvalue weighted by atomic mass is 15.2. The molecule has 2 nitrogen and oxygen atoms in total. The third-order valence-electron chi connectivity index (χ3n) is 3.94. The molecule has 0 spiro atoms. The Kier molecular flexibility index (Phi) is 3.75. The summed E-state index contributed by atoms with van der Waals surface area (Å²) in [5.41, 5.74) is 6.82. The molecule has 2 aromatic carbocycles. The average Bonchev–Trinajstić information content (AvgIpc) is 2.63. The maximum atomic E-state index is 3.51. The molecule has 20 heavy (non-hydrogen) atoms. The van der Waals surface area contributed by atoms with Gasteiger partial charge in [0.15, 0.2) is 0 Å². The summed E-state index contributed by atoms with van der Waals surface area (Å²) in [5, 5.41) is 3.51. The average molecular weight is 266 g/mol. The molecule has 0 radical (unpaired) electrons. The molecule has 0 bridgehead atoms. The molecule has 1 N–H and O–H groups in total. The van der Waals surface area contributed by atoms with E-state index in [-0.39, 0.29) is 0 Å². The van der Waals surface area contributed by atoms with Crippen LogP contribution in [-0.2, 0) is 13.1 Å². The number of benzene rings is 2. The minimum absolute atomic E-state index is 0.974. The first-order valence-electron chi connectivity index (χ1n) is 7.33. The van der Waals surface area contributed by atoms with Crippen molar-refractivity contribution < 1.29 is 0 Å². The van der Waals surface area contributed by atoms with Gasteiger partial charge >= 0.3 is 0 Å². The van der Waals surface area contributed by atoms with Gasteiger partial charge in [-0.1, -0.05) is 47.5 Å². The highest BCUT2D eigenvalue weighted by molar-refractivity contribution is 5.56. The molecule has 0 aromatic heterocycles. The van der Waals surface area contributed by atoms with Gasteiger partial charge in [0.05, 0.1) is 0 Å². The van der Waals surface area contributed by atoms with Gasteiger partial charge in [-0.2, -0.15) is 0 Å². The van der Waals surface area contributed by atoms with Crippen LogP contribution in [0.5, 0.6) is 0 Å². The number of hydrogen-bond donors (Lipinski definition) is 1. The minimum atomic E-state index is 0.974. The zero-order chi connectivity index (χ0) is 13.9. The van der Waals surface area contributed by atoms with E-state index in [1.54, 1.807) is 0 Å². The largest absolute Gasteiger partial charge is 0.366 e. The summed E-state index contributed by atoms with van der Waals surface area (Å²) < 4.78 is 0. The molecular formula is C18H22N2. The zero-order valence-corrected chi connectivity index (χ0v) is 12.3. The Morgan fingerprint density at radius 2 is 1.75 bits per heavy atom. The van der Waals surface area contributed by atoms with Crippen molar-refractivity contribution in [1.82, 2.24) is 5.32 Å². The van der Waals surface area contributed by atoms with Crippen LogP contribution in [0, 0.1) is 13.8 Å². The highest BCUT2D eigenvalue weighted by Gasteiger charge is 2.15. The fourth-order valence-corrected chi connectivity index (χ4v) is 2.80. The lowest BCUT2D eigenvalue weighted by molar-refractivity contribution is 0.688. The molecule has 0 unspecified atom stereocenters. The van der Waals surface area contributed by atoms with E-state index in [1.807, 2.05) is 0 Å². The van der Waals surface area contributed by atoms with Crippen molar-refractivity contribution in [2.24, 2.45) is 0 Å². The van der Waals surface area contributed by atoms with E-state index < -0.39 is 0 Å². The summed E-state index contributed by atoms with van der Waals surface area (Å²) in [7, 11) is 0. The molecular weight excluding hydrogens is 244 g/mol. The van der Waals surface area contributed by atoms with Crippen LogP contribution < -0.4 is 10.2 Å². The number of hydrogen-bond acceptors (Lipinski definition) is 2. The summed E-state index contributed by atoms with van der Waals surface area (Å²) in [6.45, 7) is 8.36. The molecule has 0 aliphatic carbocycles. The van der Waals surface area contributed by atoms with Crippen LogP contribution in [0.2, 0.25) is 0 Å². The van der Waals surface area contributed by atoms with Crippen LogP contribution >= 0.6 is 0 Å². The quantitative estimate of drug-likeness (QED) is 0.896. The maximum Gasteiger partial charge on any atom is 0.0430 e. The number of fused-ring (bicyclic) bond motifs is 1. The highest BCUT2D eigenvalue weighted by Crippen LogP contribution is 2.25. The van der Waals surface area contributed by atoms with Crippen molar-refractivity contribution >= 4 is 5.69 Å². The van der Waals surface area contributed by atoms with Gasteiger partial charge < -0.3 is 10.2 Å². The third kappa shape index (κ3) is 2.86. The fraction of sp³-hybridized carbons (Fsp3) is 0.333. The molecule has 0 amide bonds. The van der Waals surface area contributed by atoms with Crippen LogP contribution in [-0.4, -0.2) is 13.1 Å². The van der Waals surface area contributed by atoms with Gasteiger partial charge in [-0.05, 0) is 31.0 Å². The molecule has 2 aromatic rings. The van der Waals surface area contributed by atoms with Gasteiger partial charge in [0.2, 0.25) is 0 Å². The number of aryl methyl sites for hydroxylation is 2. The van der Waals surface area contributed by atoms with Crippen molar-refractivity contribution in [1.29, 1.82) is 0 Å². The Morgan fingerprint density at radius 1 is 1.00 bits per heavy atom. The summed E-state index contributed by atoms with van der Waals surface area (Å²) in [5.74, 6) is 0. The van der Waals surface area contributed by atoms with Crippen molar-refractivity contribution in [3.05, 3.63) is 64.7 Å². The lowest BCUT2D eigenvalue weighted by atomic mass is 10.1. The normalized spacial score (nSPS) is 14.8. The second kappa shape index (κ2) is 5.68. The van der Waals surface area contributed by atoms with Crippen molar-refractivity contribution in [3.8, 4) is 0 Å². The summed E-state index contributed by atoms with van der Waals surface area (Å²) in [6.07, 6.45) is 0. The number of nitrogens with zero attached hydrogens (tertiary/aromatic N) is 1. The summed E-state index contributed by atoms with van der Waals surface area (Å²) >= 11 is 0. The molecule has 0 fully saturated rings. The van der Waals surface area contributed by atoms with Crippen molar-refractivity contribution in [2.75, 3.05) is 18.0 Å². The van der Waals surface area contributed by atoms with Crippen LogP contribution in [0.15, 0.2) is 42.5 Å². The first-order chi connectivity index (χ1) is 9.72. The molecule has 0 atom stereocenters. The first kappa shape index (κ1) is 13.2. The summed E-state index contributed by atoms with van der Waals surface area (Å²) in [6, 6.07) is 15.7. The number of rotatable bonds is 2. The Balaban J connectivity index is 1.88. The Bertz CT molecular complexity index is 587. The van der Waals surface area contributed by atoms with E-state index >= 15 is 0 Å². The second-order valence-corrected chi connectivity index (χ2v) is 5.72. The SMILES string of the molecule is Cc1ccc(CN2CCNCc3cc(C)ccc32)cc1. The Hall–Kier alpha value is -1.80. The predicted molar refractivity (Wildman–Crippen MR) is 85.1 cm³/mol. The van der Waals surface area contributed by atoms with E-state index in [0.717, 1.165) is 26.2 Å². The van der Waals surface area contributed by atoms with Crippen LogP contribution in [0.4, 0.5) is 5.69 Å². The Labute approximate surface area is 121 Å².